The number of hydrogen-bond acceptors (Lipinski definition) is 0. The molecule has 0 atom stereocenters. The molecule has 0 unspecified atom stereocenters. The lowest BCUT2D eigenvalue weighted by Gasteiger charge is -2.26. The summed E-state index contributed by atoms with van der Waals surface area (Å²) >= 11 is 3.44. The van der Waals surface area contributed by atoms with E-state index in [1.165, 1.54) is 51.4 Å². The average molecular weight is 273 g/mol. The summed E-state index contributed by atoms with van der Waals surface area (Å²) in [5.74, 6) is 1.93. The molecule has 1 saturated carbocycles. The van der Waals surface area contributed by atoms with Crippen LogP contribution in [0.1, 0.15) is 58.3 Å². The normalized spacial score (nSPS) is 27.3. The van der Waals surface area contributed by atoms with Crippen LogP contribution in [0.4, 0.5) is 0 Å². The molecule has 1 aliphatic carbocycles. The van der Waals surface area contributed by atoms with Crippen molar-refractivity contribution >= 4 is 15.9 Å². The summed E-state index contributed by atoms with van der Waals surface area (Å²) in [6.07, 6.45) is 16.2. The Bertz CT molecular complexity index is 166. The summed E-state index contributed by atoms with van der Waals surface area (Å²) in [7, 11) is 0. The van der Waals surface area contributed by atoms with E-state index < -0.39 is 0 Å². The molecule has 0 radical (unpaired) electrons. The van der Waals surface area contributed by atoms with E-state index in [4.69, 9.17) is 0 Å². The lowest BCUT2D eigenvalue weighted by molar-refractivity contribution is 0.289. The van der Waals surface area contributed by atoms with Crippen LogP contribution >= 0.6 is 15.9 Å². The third-order valence-electron chi connectivity index (χ3n) is 3.60. The van der Waals surface area contributed by atoms with Crippen molar-refractivity contribution in [3.63, 3.8) is 0 Å². The van der Waals surface area contributed by atoms with Gasteiger partial charge in [-0.15, -0.1) is 0 Å². The maximum atomic E-state index is 3.44. The zero-order chi connectivity index (χ0) is 10.9. The van der Waals surface area contributed by atoms with Crippen LogP contribution in [0.3, 0.4) is 0 Å². The van der Waals surface area contributed by atoms with Gasteiger partial charge in [-0.1, -0.05) is 60.7 Å². The number of unbranched alkanes of at least 4 members (excludes halogenated alkanes) is 2. The molecule has 0 aromatic heterocycles. The second-order valence-electron chi connectivity index (χ2n) is 4.86. The van der Waals surface area contributed by atoms with E-state index >= 15 is 0 Å². The van der Waals surface area contributed by atoms with Gasteiger partial charge in [0, 0.05) is 5.33 Å². The molecule has 1 heteroatoms. The van der Waals surface area contributed by atoms with E-state index in [0.29, 0.717) is 0 Å². The number of hydrogen-bond donors (Lipinski definition) is 0. The molecule has 0 N–H and O–H groups in total. The molecule has 88 valence electrons. The van der Waals surface area contributed by atoms with Gasteiger partial charge in [0.05, 0.1) is 0 Å². The van der Waals surface area contributed by atoms with Crippen molar-refractivity contribution in [1.82, 2.24) is 0 Å². The lowest BCUT2D eigenvalue weighted by atomic mass is 9.79. The zero-order valence-electron chi connectivity index (χ0n) is 10.1. The van der Waals surface area contributed by atoms with Crippen molar-refractivity contribution < 1.29 is 0 Å². The number of halogens is 1. The van der Waals surface area contributed by atoms with Gasteiger partial charge >= 0.3 is 0 Å². The van der Waals surface area contributed by atoms with Gasteiger partial charge in [0.2, 0.25) is 0 Å². The van der Waals surface area contributed by atoms with Crippen LogP contribution in [0.2, 0.25) is 0 Å². The fourth-order valence-electron chi connectivity index (χ4n) is 2.60. The number of alkyl halides is 1. The first-order valence-electron chi connectivity index (χ1n) is 6.59. The standard InChI is InChI=1S/C14H25Br/c1-2-3-4-6-13-8-10-14(11-9-13)7-5-12-15/h5,7,13-14H,2-4,6,8-12H2,1H3/b7-5+. The quantitative estimate of drug-likeness (QED) is 0.349. The Morgan fingerprint density at radius 2 is 1.87 bits per heavy atom. The molecule has 0 nitrogen and oxygen atoms in total. The molecule has 0 saturated heterocycles. The molecule has 0 aliphatic heterocycles. The van der Waals surface area contributed by atoms with Crippen molar-refractivity contribution in [2.75, 3.05) is 5.33 Å². The first kappa shape index (κ1) is 13.3. The van der Waals surface area contributed by atoms with Gasteiger partial charge < -0.3 is 0 Å². The Labute approximate surface area is 104 Å². The van der Waals surface area contributed by atoms with E-state index in [-0.39, 0.29) is 0 Å². The summed E-state index contributed by atoms with van der Waals surface area (Å²) in [5.41, 5.74) is 0. The van der Waals surface area contributed by atoms with Gasteiger partial charge in [0.15, 0.2) is 0 Å². The van der Waals surface area contributed by atoms with Crippen molar-refractivity contribution in [2.24, 2.45) is 11.8 Å². The molecular formula is C14H25Br. The van der Waals surface area contributed by atoms with Crippen LogP contribution in [-0.2, 0) is 0 Å². The van der Waals surface area contributed by atoms with Gasteiger partial charge in [-0.25, -0.2) is 0 Å². The summed E-state index contributed by atoms with van der Waals surface area (Å²) in [5, 5.41) is 1.02. The van der Waals surface area contributed by atoms with Crippen LogP contribution in [0.15, 0.2) is 12.2 Å². The fourth-order valence-corrected chi connectivity index (χ4v) is 2.81. The minimum atomic E-state index is 0.880. The Morgan fingerprint density at radius 1 is 1.13 bits per heavy atom. The highest BCUT2D eigenvalue weighted by atomic mass is 79.9. The van der Waals surface area contributed by atoms with Crippen molar-refractivity contribution in [2.45, 2.75) is 58.3 Å². The van der Waals surface area contributed by atoms with Gasteiger partial charge in [0.1, 0.15) is 0 Å². The first-order chi connectivity index (χ1) is 7.36. The Hall–Kier alpha value is 0.220. The predicted octanol–water partition coefficient (Wildman–Crippen LogP) is 5.32. The molecule has 15 heavy (non-hydrogen) atoms. The molecule has 1 aliphatic rings. The minimum absolute atomic E-state index is 0.880. The van der Waals surface area contributed by atoms with E-state index in [9.17, 15) is 0 Å². The summed E-state index contributed by atoms with van der Waals surface area (Å²) < 4.78 is 0. The monoisotopic (exact) mass is 272 g/mol. The molecular weight excluding hydrogens is 248 g/mol. The molecule has 0 aromatic carbocycles. The third kappa shape index (κ3) is 5.75. The average Bonchev–Trinajstić information content (AvgIpc) is 2.28. The second kappa shape index (κ2) is 8.38. The Kier molecular flexibility index (Phi) is 7.42. The highest BCUT2D eigenvalue weighted by molar-refractivity contribution is 9.09. The van der Waals surface area contributed by atoms with Crippen LogP contribution in [0.5, 0.6) is 0 Å². The van der Waals surface area contributed by atoms with Crippen LogP contribution in [0.25, 0.3) is 0 Å². The van der Waals surface area contributed by atoms with Crippen LogP contribution in [0, 0.1) is 11.8 Å². The third-order valence-corrected chi connectivity index (χ3v) is 3.98. The lowest BCUT2D eigenvalue weighted by Crippen LogP contribution is -2.13. The zero-order valence-corrected chi connectivity index (χ0v) is 11.6. The summed E-state index contributed by atoms with van der Waals surface area (Å²) in [6.45, 7) is 2.29. The Balaban J connectivity index is 2.09. The predicted molar refractivity (Wildman–Crippen MR) is 72.5 cm³/mol. The highest BCUT2D eigenvalue weighted by Gasteiger charge is 2.18. The molecule has 1 rings (SSSR count). The second-order valence-corrected chi connectivity index (χ2v) is 5.51. The van der Waals surface area contributed by atoms with Crippen LogP contribution < -0.4 is 0 Å². The first-order valence-corrected chi connectivity index (χ1v) is 7.71. The molecule has 0 aromatic rings. The molecule has 0 bridgehead atoms. The smallest absolute Gasteiger partial charge is 0.0212 e. The fraction of sp³-hybridized carbons (Fsp3) is 0.857. The SMILES string of the molecule is CCCCCC1CCC(/C=C/CBr)CC1. The minimum Gasteiger partial charge on any atom is -0.0883 e. The van der Waals surface area contributed by atoms with Gasteiger partial charge in [-0.05, 0) is 37.5 Å². The van der Waals surface area contributed by atoms with Gasteiger partial charge in [-0.3, -0.25) is 0 Å². The summed E-state index contributed by atoms with van der Waals surface area (Å²) in [4.78, 5) is 0. The maximum Gasteiger partial charge on any atom is 0.0212 e. The van der Waals surface area contributed by atoms with E-state index in [2.05, 4.69) is 35.0 Å². The van der Waals surface area contributed by atoms with Crippen molar-refractivity contribution in [3.8, 4) is 0 Å². The van der Waals surface area contributed by atoms with E-state index in [1.807, 2.05) is 0 Å². The molecule has 0 spiro atoms. The summed E-state index contributed by atoms with van der Waals surface area (Å²) in [6, 6.07) is 0. The van der Waals surface area contributed by atoms with E-state index in [0.717, 1.165) is 17.2 Å². The van der Waals surface area contributed by atoms with Crippen LogP contribution in [-0.4, -0.2) is 5.33 Å². The highest BCUT2D eigenvalue weighted by Crippen LogP contribution is 2.32. The van der Waals surface area contributed by atoms with E-state index in [1.54, 1.807) is 0 Å². The van der Waals surface area contributed by atoms with Gasteiger partial charge in [0.25, 0.3) is 0 Å². The largest absolute Gasteiger partial charge is 0.0883 e. The Morgan fingerprint density at radius 3 is 2.47 bits per heavy atom. The molecule has 0 amide bonds. The maximum absolute atomic E-state index is 3.44. The van der Waals surface area contributed by atoms with Crippen molar-refractivity contribution in [3.05, 3.63) is 12.2 Å². The topological polar surface area (TPSA) is 0 Å². The van der Waals surface area contributed by atoms with Crippen molar-refractivity contribution in [1.29, 1.82) is 0 Å². The number of rotatable bonds is 6. The molecule has 0 heterocycles. The van der Waals surface area contributed by atoms with Gasteiger partial charge in [-0.2, -0.15) is 0 Å². The molecule has 1 fully saturated rings. The number of allylic oxidation sites excluding steroid dienone is 2.